The molecule has 0 bridgehead atoms. The average molecular weight is 416 g/mol. The topological polar surface area (TPSA) is 88.9 Å². The van der Waals surface area contributed by atoms with Gasteiger partial charge in [-0.05, 0) is 63.1 Å². The molecule has 2 aliphatic rings. The molecule has 2 amide bonds. The van der Waals surface area contributed by atoms with Crippen molar-refractivity contribution < 1.29 is 23.5 Å². The quantitative estimate of drug-likeness (QED) is 0.752. The van der Waals surface area contributed by atoms with Crippen LogP contribution < -0.4 is 5.32 Å². The molecule has 2 aromatic heterocycles. The summed E-state index contributed by atoms with van der Waals surface area (Å²) in [7, 11) is 0. The molecule has 0 saturated carbocycles. The van der Waals surface area contributed by atoms with Gasteiger partial charge in [-0.3, -0.25) is 9.59 Å². The van der Waals surface area contributed by atoms with Crippen molar-refractivity contribution in [1.29, 1.82) is 0 Å². The zero-order valence-electron chi connectivity index (χ0n) is 16.4. The maximum Gasteiger partial charge on any atom is 0.341 e. The molecule has 0 spiro atoms. The van der Waals surface area contributed by atoms with Gasteiger partial charge in [0.25, 0.3) is 11.8 Å². The van der Waals surface area contributed by atoms with Crippen molar-refractivity contribution in [2.45, 2.75) is 51.5 Å². The first-order chi connectivity index (χ1) is 14.0. The number of fused-ring (bicyclic) bond motifs is 1. The number of likely N-dealkylation sites (tertiary alicyclic amines) is 1. The minimum Gasteiger partial charge on any atom is -0.459 e. The number of carbonyl (C=O) groups excluding carboxylic acids is 3. The second-order valence-electron chi connectivity index (χ2n) is 7.50. The number of anilines is 1. The number of rotatable bonds is 5. The molecule has 0 radical (unpaired) electrons. The molecule has 3 heterocycles. The van der Waals surface area contributed by atoms with Gasteiger partial charge in [-0.25, -0.2) is 4.79 Å². The molecule has 1 aliphatic heterocycles. The van der Waals surface area contributed by atoms with E-state index in [1.54, 1.807) is 17.0 Å². The summed E-state index contributed by atoms with van der Waals surface area (Å²) in [5, 5.41) is 3.23. The molecule has 1 saturated heterocycles. The van der Waals surface area contributed by atoms with E-state index in [-0.39, 0.29) is 24.3 Å². The molecule has 0 unspecified atom stereocenters. The number of nitrogens with one attached hydrogen (secondary N) is 1. The lowest BCUT2D eigenvalue weighted by atomic mass is 10.0. The maximum absolute atomic E-state index is 12.9. The van der Waals surface area contributed by atoms with Crippen LogP contribution in [-0.4, -0.2) is 41.9 Å². The molecule has 154 valence electrons. The van der Waals surface area contributed by atoms with Crippen LogP contribution >= 0.6 is 11.3 Å². The van der Waals surface area contributed by atoms with Crippen LogP contribution in [0.15, 0.2) is 22.8 Å². The zero-order valence-corrected chi connectivity index (χ0v) is 17.2. The number of piperidine rings is 1. The molecule has 1 aliphatic carbocycles. The lowest BCUT2D eigenvalue weighted by Gasteiger charge is -2.33. The van der Waals surface area contributed by atoms with E-state index in [0.29, 0.717) is 17.1 Å². The summed E-state index contributed by atoms with van der Waals surface area (Å²) in [5.41, 5.74) is 1.30. The van der Waals surface area contributed by atoms with Crippen LogP contribution in [0, 0.1) is 0 Å². The summed E-state index contributed by atoms with van der Waals surface area (Å²) in [6, 6.07) is 3.36. The number of hydrogen-bond donors (Lipinski definition) is 1. The summed E-state index contributed by atoms with van der Waals surface area (Å²) in [5.74, 6) is -0.968. The van der Waals surface area contributed by atoms with Gasteiger partial charge in [0.15, 0.2) is 12.4 Å². The van der Waals surface area contributed by atoms with E-state index in [9.17, 15) is 14.4 Å². The van der Waals surface area contributed by atoms with Crippen molar-refractivity contribution in [2.24, 2.45) is 0 Å². The molecular formula is C21H24N2O5S. The van der Waals surface area contributed by atoms with Crippen LogP contribution in [0.25, 0.3) is 0 Å². The van der Waals surface area contributed by atoms with E-state index in [2.05, 4.69) is 5.32 Å². The minimum absolute atomic E-state index is 0.168. The molecular weight excluding hydrogens is 392 g/mol. The van der Waals surface area contributed by atoms with E-state index >= 15 is 0 Å². The molecule has 29 heavy (non-hydrogen) atoms. The molecule has 1 fully saturated rings. The van der Waals surface area contributed by atoms with Gasteiger partial charge in [0.1, 0.15) is 5.00 Å². The SMILES string of the molecule is C[C@H]1CCCCN1C(=O)COC(=O)c1c(NC(=O)c2ccco2)sc2c1CCC2. The van der Waals surface area contributed by atoms with Crippen molar-refractivity contribution in [2.75, 3.05) is 18.5 Å². The first-order valence-electron chi connectivity index (χ1n) is 10.0. The van der Waals surface area contributed by atoms with Crippen molar-refractivity contribution >= 4 is 34.1 Å². The van der Waals surface area contributed by atoms with E-state index in [0.717, 1.165) is 49.0 Å². The third-order valence-electron chi connectivity index (χ3n) is 5.55. The Bertz CT molecular complexity index is 918. The summed E-state index contributed by atoms with van der Waals surface area (Å²) < 4.78 is 10.5. The number of thiophene rings is 1. The van der Waals surface area contributed by atoms with Gasteiger partial charge in [0, 0.05) is 17.5 Å². The highest BCUT2D eigenvalue weighted by molar-refractivity contribution is 7.17. The zero-order chi connectivity index (χ0) is 20.4. The Hall–Kier alpha value is -2.61. The van der Waals surface area contributed by atoms with Crippen molar-refractivity contribution in [3.05, 3.63) is 40.2 Å². The average Bonchev–Trinajstić information content (AvgIpc) is 3.43. The highest BCUT2D eigenvalue weighted by atomic mass is 32.1. The number of hydrogen-bond acceptors (Lipinski definition) is 6. The van der Waals surface area contributed by atoms with Gasteiger partial charge in [0.2, 0.25) is 0 Å². The van der Waals surface area contributed by atoms with E-state index in [4.69, 9.17) is 9.15 Å². The largest absolute Gasteiger partial charge is 0.459 e. The Morgan fingerprint density at radius 3 is 2.90 bits per heavy atom. The monoisotopic (exact) mass is 416 g/mol. The molecule has 1 N–H and O–H groups in total. The van der Waals surface area contributed by atoms with Gasteiger partial charge in [0.05, 0.1) is 11.8 Å². The van der Waals surface area contributed by atoms with Crippen LogP contribution in [0.3, 0.4) is 0 Å². The molecule has 7 nitrogen and oxygen atoms in total. The number of carbonyl (C=O) groups is 3. The third-order valence-corrected chi connectivity index (χ3v) is 6.75. The van der Waals surface area contributed by atoms with E-state index < -0.39 is 11.9 Å². The Morgan fingerprint density at radius 2 is 2.14 bits per heavy atom. The summed E-state index contributed by atoms with van der Waals surface area (Å²) in [6.07, 6.45) is 7.10. The summed E-state index contributed by atoms with van der Waals surface area (Å²) in [4.78, 5) is 40.6. The number of esters is 1. The number of ether oxygens (including phenoxy) is 1. The van der Waals surface area contributed by atoms with Crippen LogP contribution in [0.1, 0.15) is 64.0 Å². The fourth-order valence-electron chi connectivity index (χ4n) is 4.03. The first kappa shape index (κ1) is 19.7. The van der Waals surface area contributed by atoms with Crippen molar-refractivity contribution in [1.82, 2.24) is 4.90 Å². The normalized spacial score (nSPS) is 18.4. The third kappa shape index (κ3) is 4.07. The smallest absolute Gasteiger partial charge is 0.341 e. The fourth-order valence-corrected chi connectivity index (χ4v) is 5.30. The second kappa shape index (κ2) is 8.41. The maximum atomic E-state index is 12.9. The van der Waals surface area contributed by atoms with Gasteiger partial charge in [-0.1, -0.05) is 0 Å². The van der Waals surface area contributed by atoms with Crippen molar-refractivity contribution in [3.63, 3.8) is 0 Å². The Balaban J connectivity index is 1.47. The lowest BCUT2D eigenvalue weighted by Crippen LogP contribution is -2.44. The Morgan fingerprint density at radius 1 is 1.28 bits per heavy atom. The fraction of sp³-hybridized carbons (Fsp3) is 0.476. The van der Waals surface area contributed by atoms with Crippen LogP contribution in [0.4, 0.5) is 5.00 Å². The predicted octanol–water partition coefficient (Wildman–Crippen LogP) is 3.64. The predicted molar refractivity (Wildman–Crippen MR) is 108 cm³/mol. The highest BCUT2D eigenvalue weighted by Gasteiger charge is 2.30. The molecule has 8 heteroatoms. The van der Waals surface area contributed by atoms with Gasteiger partial charge >= 0.3 is 5.97 Å². The van der Waals surface area contributed by atoms with E-state index in [1.807, 2.05) is 6.92 Å². The van der Waals surface area contributed by atoms with Crippen LogP contribution in [-0.2, 0) is 22.4 Å². The highest BCUT2D eigenvalue weighted by Crippen LogP contribution is 2.39. The minimum atomic E-state index is -0.558. The van der Waals surface area contributed by atoms with Gasteiger partial charge < -0.3 is 19.4 Å². The van der Waals surface area contributed by atoms with Crippen molar-refractivity contribution in [3.8, 4) is 0 Å². The molecule has 0 aromatic carbocycles. The lowest BCUT2D eigenvalue weighted by molar-refractivity contribution is -0.137. The molecule has 1 atom stereocenters. The summed E-state index contributed by atoms with van der Waals surface area (Å²) in [6.45, 7) is 2.45. The number of furan rings is 1. The molecule has 4 rings (SSSR count). The standard InChI is InChI=1S/C21H24N2O5S/c1-13-6-2-3-10-23(13)17(24)12-28-21(26)18-14-7-4-9-16(14)29-20(18)22-19(25)15-8-5-11-27-15/h5,8,11,13H,2-4,6-7,9-10,12H2,1H3,(H,22,25)/t13-/m0/s1. The number of amides is 2. The van der Waals surface area contributed by atoms with Crippen LogP contribution in [0.2, 0.25) is 0 Å². The Labute approximate surface area is 173 Å². The summed E-state index contributed by atoms with van der Waals surface area (Å²) >= 11 is 1.40. The number of aryl methyl sites for hydroxylation is 1. The van der Waals surface area contributed by atoms with Gasteiger partial charge in [-0.2, -0.15) is 0 Å². The second-order valence-corrected chi connectivity index (χ2v) is 8.61. The van der Waals surface area contributed by atoms with E-state index in [1.165, 1.54) is 17.6 Å². The first-order valence-corrected chi connectivity index (χ1v) is 10.8. The van der Waals surface area contributed by atoms with Crippen LogP contribution in [0.5, 0.6) is 0 Å². The molecule has 2 aromatic rings. The number of nitrogens with zero attached hydrogens (tertiary/aromatic N) is 1. The van der Waals surface area contributed by atoms with Gasteiger partial charge in [-0.15, -0.1) is 11.3 Å². The Kier molecular flexibility index (Phi) is 5.71.